The van der Waals surface area contributed by atoms with Gasteiger partial charge in [-0.2, -0.15) is 0 Å². The van der Waals surface area contributed by atoms with E-state index in [9.17, 15) is 4.79 Å². The Morgan fingerprint density at radius 2 is 1.54 bits per heavy atom. The van der Waals surface area contributed by atoms with Crippen molar-refractivity contribution in [3.8, 4) is 11.5 Å². The van der Waals surface area contributed by atoms with E-state index >= 15 is 0 Å². The molecule has 0 aromatic heterocycles. The third-order valence-electron chi connectivity index (χ3n) is 3.58. The van der Waals surface area contributed by atoms with Gasteiger partial charge in [0.2, 0.25) is 3.79 Å². The SMILES string of the molecule is COc1ccccc1NC(=S)N[C@H](NC(=O)c1ccccc1OC)C(Cl)(Cl)Cl. The Morgan fingerprint density at radius 3 is 2.14 bits per heavy atom. The smallest absolute Gasteiger partial charge is 0.256 e. The highest BCUT2D eigenvalue weighted by atomic mass is 35.6. The van der Waals surface area contributed by atoms with Gasteiger partial charge < -0.3 is 25.4 Å². The first-order valence-electron chi connectivity index (χ1n) is 7.97. The molecule has 0 radical (unpaired) electrons. The van der Waals surface area contributed by atoms with E-state index in [0.717, 1.165) is 0 Å². The highest BCUT2D eigenvalue weighted by Gasteiger charge is 2.35. The van der Waals surface area contributed by atoms with Gasteiger partial charge in [0.25, 0.3) is 5.91 Å². The zero-order chi connectivity index (χ0) is 20.7. The van der Waals surface area contributed by atoms with Crippen molar-refractivity contribution in [2.75, 3.05) is 19.5 Å². The first-order valence-corrected chi connectivity index (χ1v) is 9.51. The molecule has 1 atom stereocenters. The molecule has 0 heterocycles. The number of carbonyl (C=O) groups excluding carboxylic acids is 1. The number of hydrogen-bond acceptors (Lipinski definition) is 4. The van der Waals surface area contributed by atoms with Gasteiger partial charge in [0.1, 0.15) is 17.7 Å². The largest absolute Gasteiger partial charge is 0.496 e. The van der Waals surface area contributed by atoms with E-state index < -0.39 is 15.9 Å². The normalized spacial score (nSPS) is 11.9. The quantitative estimate of drug-likeness (QED) is 0.341. The highest BCUT2D eigenvalue weighted by molar-refractivity contribution is 7.80. The molecule has 28 heavy (non-hydrogen) atoms. The zero-order valence-electron chi connectivity index (χ0n) is 15.0. The molecule has 2 aromatic rings. The summed E-state index contributed by atoms with van der Waals surface area (Å²) in [5, 5.41) is 8.47. The van der Waals surface area contributed by atoms with Gasteiger partial charge in [-0.05, 0) is 36.5 Å². The number of para-hydroxylation sites is 3. The number of halogens is 3. The van der Waals surface area contributed by atoms with E-state index in [2.05, 4.69) is 16.0 Å². The van der Waals surface area contributed by atoms with E-state index in [1.54, 1.807) is 36.4 Å². The molecule has 2 aromatic carbocycles. The summed E-state index contributed by atoms with van der Waals surface area (Å²) in [6.45, 7) is 0. The summed E-state index contributed by atoms with van der Waals surface area (Å²) in [5.74, 6) is 0.467. The Bertz CT molecular complexity index is 846. The van der Waals surface area contributed by atoms with Crippen molar-refractivity contribution in [1.29, 1.82) is 0 Å². The molecule has 3 N–H and O–H groups in total. The maximum absolute atomic E-state index is 12.6. The number of benzene rings is 2. The summed E-state index contributed by atoms with van der Waals surface area (Å²) >= 11 is 23.3. The number of thiocarbonyl (C=S) groups is 1. The van der Waals surface area contributed by atoms with Crippen molar-refractivity contribution in [1.82, 2.24) is 10.6 Å². The minimum atomic E-state index is -1.88. The van der Waals surface area contributed by atoms with E-state index in [1.807, 2.05) is 12.1 Å². The number of amides is 1. The summed E-state index contributed by atoms with van der Waals surface area (Å²) in [6.07, 6.45) is -1.12. The minimum absolute atomic E-state index is 0.126. The van der Waals surface area contributed by atoms with Crippen LogP contribution in [0.15, 0.2) is 48.5 Å². The molecule has 0 aliphatic carbocycles. The molecule has 150 valence electrons. The summed E-state index contributed by atoms with van der Waals surface area (Å²) in [6, 6.07) is 13.8. The second-order valence-corrected chi connectivity index (χ2v) is 8.22. The van der Waals surface area contributed by atoms with Crippen LogP contribution in [0.3, 0.4) is 0 Å². The lowest BCUT2D eigenvalue weighted by atomic mass is 10.2. The molecule has 0 saturated heterocycles. The molecule has 2 rings (SSSR count). The molecule has 1 amide bonds. The molecule has 0 bridgehead atoms. The molecule has 0 aliphatic heterocycles. The van der Waals surface area contributed by atoms with Gasteiger partial charge in [-0.15, -0.1) is 0 Å². The molecular formula is C18H18Cl3N3O3S. The van der Waals surface area contributed by atoms with Crippen molar-refractivity contribution in [3.63, 3.8) is 0 Å². The zero-order valence-corrected chi connectivity index (χ0v) is 18.0. The molecule has 0 spiro atoms. The number of rotatable bonds is 6. The van der Waals surface area contributed by atoms with Gasteiger partial charge >= 0.3 is 0 Å². The second kappa shape index (κ2) is 10.0. The number of ether oxygens (including phenoxy) is 2. The van der Waals surface area contributed by atoms with Crippen LogP contribution in [0.4, 0.5) is 5.69 Å². The second-order valence-electron chi connectivity index (χ2n) is 5.45. The van der Waals surface area contributed by atoms with Gasteiger partial charge in [-0.25, -0.2) is 0 Å². The van der Waals surface area contributed by atoms with Crippen molar-refractivity contribution in [2.45, 2.75) is 9.96 Å². The number of nitrogens with one attached hydrogen (secondary N) is 3. The number of methoxy groups -OCH3 is 2. The fourth-order valence-electron chi connectivity index (χ4n) is 2.28. The Kier molecular flexibility index (Phi) is 8.00. The molecular weight excluding hydrogens is 445 g/mol. The molecule has 0 aliphatic rings. The van der Waals surface area contributed by atoms with Crippen LogP contribution in [0, 0.1) is 0 Å². The van der Waals surface area contributed by atoms with Crippen LogP contribution in [0.1, 0.15) is 10.4 Å². The molecule has 0 saturated carbocycles. The average molecular weight is 463 g/mol. The first-order chi connectivity index (χ1) is 13.3. The molecule has 10 heteroatoms. The Balaban J connectivity index is 2.13. The van der Waals surface area contributed by atoms with Crippen molar-refractivity contribution >= 4 is 63.7 Å². The third kappa shape index (κ3) is 6.04. The topological polar surface area (TPSA) is 71.6 Å². The lowest BCUT2D eigenvalue weighted by molar-refractivity contribution is 0.0931. The van der Waals surface area contributed by atoms with Crippen LogP contribution in [-0.2, 0) is 0 Å². The Morgan fingerprint density at radius 1 is 0.964 bits per heavy atom. The van der Waals surface area contributed by atoms with Gasteiger partial charge in [-0.3, -0.25) is 4.79 Å². The van der Waals surface area contributed by atoms with E-state index in [1.165, 1.54) is 14.2 Å². The summed E-state index contributed by atoms with van der Waals surface area (Å²) < 4.78 is 8.56. The van der Waals surface area contributed by atoms with Gasteiger partial charge in [0.05, 0.1) is 25.5 Å². The molecule has 6 nitrogen and oxygen atoms in total. The predicted molar refractivity (Wildman–Crippen MR) is 117 cm³/mol. The average Bonchev–Trinajstić information content (AvgIpc) is 2.67. The van der Waals surface area contributed by atoms with E-state index in [-0.39, 0.29) is 10.7 Å². The Labute approximate surface area is 183 Å². The van der Waals surface area contributed by atoms with Crippen molar-refractivity contribution in [3.05, 3.63) is 54.1 Å². The van der Waals surface area contributed by atoms with Gasteiger partial charge in [-0.1, -0.05) is 59.1 Å². The fourth-order valence-corrected chi connectivity index (χ4v) is 2.83. The summed E-state index contributed by atoms with van der Waals surface area (Å²) in [5.41, 5.74) is 0.899. The van der Waals surface area contributed by atoms with E-state index in [4.69, 9.17) is 56.5 Å². The lowest BCUT2D eigenvalue weighted by Gasteiger charge is -2.28. The number of anilines is 1. The van der Waals surface area contributed by atoms with Gasteiger partial charge in [0.15, 0.2) is 5.11 Å². The molecule has 0 unspecified atom stereocenters. The number of alkyl halides is 3. The first kappa shape index (κ1) is 22.4. The minimum Gasteiger partial charge on any atom is -0.496 e. The lowest BCUT2D eigenvalue weighted by Crippen LogP contribution is -2.56. The highest BCUT2D eigenvalue weighted by Crippen LogP contribution is 2.30. The summed E-state index contributed by atoms with van der Waals surface area (Å²) in [7, 11) is 3.00. The third-order valence-corrected chi connectivity index (χ3v) is 4.46. The van der Waals surface area contributed by atoms with Crippen LogP contribution in [-0.4, -0.2) is 35.2 Å². The van der Waals surface area contributed by atoms with Crippen LogP contribution >= 0.6 is 47.0 Å². The van der Waals surface area contributed by atoms with Crippen LogP contribution in [0.25, 0.3) is 0 Å². The standard InChI is InChI=1S/C18H18Cl3N3O3S/c1-26-13-9-5-3-7-11(13)15(25)23-16(18(19,20)21)24-17(28)22-12-8-4-6-10-14(12)27-2/h3-10,16H,1-2H3,(H,23,25)(H2,22,24,28)/t16-/m0/s1. The van der Waals surface area contributed by atoms with Crippen LogP contribution in [0.2, 0.25) is 0 Å². The Hall–Kier alpha value is -1.93. The van der Waals surface area contributed by atoms with Crippen LogP contribution < -0.4 is 25.4 Å². The maximum atomic E-state index is 12.6. The predicted octanol–water partition coefficient (Wildman–Crippen LogP) is 4.12. The fraction of sp³-hybridized carbons (Fsp3) is 0.222. The van der Waals surface area contributed by atoms with Crippen molar-refractivity contribution in [2.24, 2.45) is 0 Å². The molecule has 0 fully saturated rings. The summed E-state index contributed by atoms with van der Waals surface area (Å²) in [4.78, 5) is 12.6. The monoisotopic (exact) mass is 461 g/mol. The maximum Gasteiger partial charge on any atom is 0.256 e. The number of hydrogen-bond donors (Lipinski definition) is 3. The van der Waals surface area contributed by atoms with Crippen LogP contribution in [0.5, 0.6) is 11.5 Å². The van der Waals surface area contributed by atoms with Gasteiger partial charge in [0, 0.05) is 0 Å². The van der Waals surface area contributed by atoms with Crippen molar-refractivity contribution < 1.29 is 14.3 Å². The number of carbonyl (C=O) groups is 1. The van der Waals surface area contributed by atoms with E-state index in [0.29, 0.717) is 17.2 Å².